The van der Waals surface area contributed by atoms with Gasteiger partial charge in [0.05, 0.1) is 6.10 Å². The number of aliphatic hydroxyl groups excluding tert-OH is 1. The van der Waals surface area contributed by atoms with E-state index in [-0.39, 0.29) is 11.9 Å². The Bertz CT molecular complexity index is 596. The second-order valence-corrected chi connectivity index (χ2v) is 7.02. The summed E-state index contributed by atoms with van der Waals surface area (Å²) in [6.07, 6.45) is 7.40. The van der Waals surface area contributed by atoms with Gasteiger partial charge in [-0.15, -0.1) is 0 Å². The van der Waals surface area contributed by atoms with Crippen molar-refractivity contribution in [3.63, 3.8) is 0 Å². The summed E-state index contributed by atoms with van der Waals surface area (Å²) in [7, 11) is 0. The Balaban J connectivity index is 1.49. The minimum atomic E-state index is -0.146. The Hall–Kier alpha value is -1.46. The first-order chi connectivity index (χ1) is 11.2. The quantitative estimate of drug-likeness (QED) is 0.899. The van der Waals surface area contributed by atoms with Crippen LogP contribution in [0.15, 0.2) is 12.3 Å². The lowest BCUT2D eigenvalue weighted by molar-refractivity contribution is 0.0671. The second-order valence-electron chi connectivity index (χ2n) is 7.02. The van der Waals surface area contributed by atoms with Crippen molar-refractivity contribution in [2.75, 3.05) is 31.1 Å². The molecule has 1 aromatic rings. The van der Waals surface area contributed by atoms with Gasteiger partial charge in [-0.3, -0.25) is 14.7 Å². The highest BCUT2D eigenvalue weighted by Gasteiger charge is 2.33. The van der Waals surface area contributed by atoms with Gasteiger partial charge in [0, 0.05) is 56.1 Å². The second kappa shape index (κ2) is 6.21. The molecule has 1 saturated heterocycles. The molecular formula is C18H25N3O2. The van der Waals surface area contributed by atoms with Gasteiger partial charge in [-0.2, -0.15) is 0 Å². The third kappa shape index (κ3) is 2.76. The van der Waals surface area contributed by atoms with Gasteiger partial charge in [0.2, 0.25) is 0 Å². The highest BCUT2D eigenvalue weighted by Crippen LogP contribution is 2.31. The van der Waals surface area contributed by atoms with Crippen molar-refractivity contribution in [1.29, 1.82) is 0 Å². The number of carbonyl (C=O) groups is 1. The van der Waals surface area contributed by atoms with E-state index in [0.29, 0.717) is 18.2 Å². The fourth-order valence-electron chi connectivity index (χ4n) is 4.45. The van der Waals surface area contributed by atoms with Crippen LogP contribution in [0.5, 0.6) is 0 Å². The van der Waals surface area contributed by atoms with E-state index < -0.39 is 0 Å². The molecule has 1 aromatic heterocycles. The molecule has 0 spiro atoms. The Morgan fingerprint density at radius 2 is 1.91 bits per heavy atom. The first kappa shape index (κ1) is 15.1. The fraction of sp³-hybridized carbons (Fsp3) is 0.667. The maximum Gasteiger partial charge on any atom is 0.181 e. The van der Waals surface area contributed by atoms with Crippen molar-refractivity contribution in [2.24, 2.45) is 0 Å². The summed E-state index contributed by atoms with van der Waals surface area (Å²) in [4.78, 5) is 21.2. The number of ketones is 1. The van der Waals surface area contributed by atoms with E-state index in [4.69, 9.17) is 0 Å². The SMILES string of the molecule is O=C1CCCc2c(N3CCN(C4CCCC4O)CC3)ccnc21. The van der Waals surface area contributed by atoms with Crippen molar-refractivity contribution in [1.82, 2.24) is 9.88 Å². The van der Waals surface area contributed by atoms with Crippen molar-refractivity contribution < 1.29 is 9.90 Å². The predicted molar refractivity (Wildman–Crippen MR) is 88.9 cm³/mol. The number of pyridine rings is 1. The molecule has 3 aliphatic rings. The molecule has 1 saturated carbocycles. The number of rotatable bonds is 2. The van der Waals surface area contributed by atoms with Crippen molar-refractivity contribution in [2.45, 2.75) is 50.7 Å². The highest BCUT2D eigenvalue weighted by atomic mass is 16.3. The number of hydrogen-bond acceptors (Lipinski definition) is 5. The van der Waals surface area contributed by atoms with E-state index in [9.17, 15) is 9.90 Å². The lowest BCUT2D eigenvalue weighted by Crippen LogP contribution is -2.52. The summed E-state index contributed by atoms with van der Waals surface area (Å²) in [5.41, 5.74) is 3.05. The molecule has 0 amide bonds. The molecule has 5 nitrogen and oxygen atoms in total. The van der Waals surface area contributed by atoms with Gasteiger partial charge < -0.3 is 10.0 Å². The largest absolute Gasteiger partial charge is 0.391 e. The van der Waals surface area contributed by atoms with Crippen molar-refractivity contribution >= 4 is 11.5 Å². The molecule has 2 aliphatic carbocycles. The molecule has 2 unspecified atom stereocenters. The predicted octanol–water partition coefficient (Wildman–Crippen LogP) is 1.64. The molecule has 0 bridgehead atoms. The molecule has 0 aromatic carbocycles. The summed E-state index contributed by atoms with van der Waals surface area (Å²) in [5.74, 6) is 0.195. The Kier molecular flexibility index (Phi) is 4.07. The number of piperazine rings is 1. The summed E-state index contributed by atoms with van der Waals surface area (Å²) in [6, 6.07) is 2.42. The van der Waals surface area contributed by atoms with Crippen LogP contribution < -0.4 is 4.90 Å². The first-order valence-corrected chi connectivity index (χ1v) is 8.92. The van der Waals surface area contributed by atoms with Crippen LogP contribution in [0.4, 0.5) is 5.69 Å². The van der Waals surface area contributed by atoms with E-state index in [2.05, 4.69) is 20.9 Å². The number of carbonyl (C=O) groups excluding carboxylic acids is 1. The van der Waals surface area contributed by atoms with Gasteiger partial charge in [0.15, 0.2) is 5.78 Å². The van der Waals surface area contributed by atoms with Gasteiger partial charge in [0.25, 0.3) is 0 Å². The minimum absolute atomic E-state index is 0.146. The average molecular weight is 315 g/mol. The summed E-state index contributed by atoms with van der Waals surface area (Å²) in [6.45, 7) is 3.92. The van der Waals surface area contributed by atoms with E-state index in [1.54, 1.807) is 6.20 Å². The van der Waals surface area contributed by atoms with Crippen molar-refractivity contribution in [3.05, 3.63) is 23.5 Å². The highest BCUT2D eigenvalue weighted by molar-refractivity contribution is 5.98. The van der Waals surface area contributed by atoms with Crippen LogP contribution in [-0.4, -0.2) is 59.1 Å². The third-order valence-corrected chi connectivity index (χ3v) is 5.69. The van der Waals surface area contributed by atoms with Gasteiger partial charge >= 0.3 is 0 Å². The zero-order valence-electron chi connectivity index (χ0n) is 13.6. The lowest BCUT2D eigenvalue weighted by Gasteiger charge is -2.41. The van der Waals surface area contributed by atoms with Gasteiger partial charge in [0.1, 0.15) is 5.69 Å². The molecule has 2 heterocycles. The fourth-order valence-corrected chi connectivity index (χ4v) is 4.45. The number of hydrogen-bond donors (Lipinski definition) is 1. The molecule has 1 N–H and O–H groups in total. The average Bonchev–Trinajstić information content (AvgIpc) is 3.01. The zero-order chi connectivity index (χ0) is 15.8. The Labute approximate surface area is 137 Å². The van der Waals surface area contributed by atoms with Crippen LogP contribution in [0.2, 0.25) is 0 Å². The van der Waals surface area contributed by atoms with Crippen LogP contribution >= 0.6 is 0 Å². The summed E-state index contributed by atoms with van der Waals surface area (Å²) < 4.78 is 0. The molecule has 5 heteroatoms. The van der Waals surface area contributed by atoms with E-state index in [1.807, 2.05) is 0 Å². The first-order valence-electron chi connectivity index (χ1n) is 8.92. The third-order valence-electron chi connectivity index (χ3n) is 5.69. The number of aliphatic hydroxyl groups is 1. The number of aromatic nitrogens is 1. The molecular weight excluding hydrogens is 290 g/mol. The molecule has 4 rings (SSSR count). The number of Topliss-reactive ketones (excluding diaryl/α,β-unsaturated/α-hetero) is 1. The normalized spacial score (nSPS) is 28.9. The monoisotopic (exact) mass is 315 g/mol. The van der Waals surface area contributed by atoms with Crippen LogP contribution in [0.3, 0.4) is 0 Å². The summed E-state index contributed by atoms with van der Waals surface area (Å²) >= 11 is 0. The molecule has 1 aliphatic heterocycles. The Morgan fingerprint density at radius 3 is 2.65 bits per heavy atom. The smallest absolute Gasteiger partial charge is 0.181 e. The lowest BCUT2D eigenvalue weighted by atomic mass is 9.93. The molecule has 124 valence electrons. The van der Waals surface area contributed by atoms with E-state index >= 15 is 0 Å². The van der Waals surface area contributed by atoms with E-state index in [1.165, 1.54) is 5.69 Å². The van der Waals surface area contributed by atoms with Crippen LogP contribution in [0.1, 0.15) is 48.2 Å². The number of nitrogens with zero attached hydrogens (tertiary/aromatic N) is 3. The Morgan fingerprint density at radius 1 is 1.09 bits per heavy atom. The topological polar surface area (TPSA) is 56.7 Å². The zero-order valence-corrected chi connectivity index (χ0v) is 13.6. The molecule has 0 radical (unpaired) electrons. The van der Waals surface area contributed by atoms with Crippen LogP contribution in [0, 0.1) is 0 Å². The van der Waals surface area contributed by atoms with Gasteiger partial charge in [-0.25, -0.2) is 0 Å². The summed E-state index contributed by atoms with van der Waals surface area (Å²) in [5, 5.41) is 10.1. The minimum Gasteiger partial charge on any atom is -0.391 e. The number of anilines is 1. The standard InChI is InChI=1S/C18H25N3O2/c22-16-5-2-4-15(16)21-11-9-20(10-12-21)14-7-8-19-18-13(14)3-1-6-17(18)23/h7-8,15-16,22H,1-6,9-12H2. The van der Waals surface area contributed by atoms with Gasteiger partial charge in [-0.1, -0.05) is 0 Å². The van der Waals surface area contributed by atoms with Crippen LogP contribution in [0.25, 0.3) is 0 Å². The maximum absolute atomic E-state index is 12.1. The molecule has 2 fully saturated rings. The maximum atomic E-state index is 12.1. The van der Waals surface area contributed by atoms with E-state index in [0.717, 1.165) is 63.8 Å². The molecule has 23 heavy (non-hydrogen) atoms. The van der Waals surface area contributed by atoms with Crippen LogP contribution in [-0.2, 0) is 6.42 Å². The van der Waals surface area contributed by atoms with Gasteiger partial charge in [-0.05, 0) is 38.2 Å². The van der Waals surface area contributed by atoms with Crippen molar-refractivity contribution in [3.8, 4) is 0 Å². The molecule has 2 atom stereocenters. The number of fused-ring (bicyclic) bond motifs is 1.